The van der Waals surface area contributed by atoms with Crippen molar-refractivity contribution in [3.8, 4) is 0 Å². The van der Waals surface area contributed by atoms with Gasteiger partial charge in [0.2, 0.25) is 5.91 Å². The number of ether oxygens (including phenoxy) is 1. The van der Waals surface area contributed by atoms with Crippen molar-refractivity contribution in [2.24, 2.45) is 5.73 Å². The van der Waals surface area contributed by atoms with Crippen LogP contribution in [0.25, 0.3) is 0 Å². The maximum Gasteiger partial charge on any atom is 0.237 e. The first-order valence-corrected chi connectivity index (χ1v) is 6.28. The van der Waals surface area contributed by atoms with Crippen molar-refractivity contribution in [2.45, 2.75) is 18.9 Å². The van der Waals surface area contributed by atoms with Crippen molar-refractivity contribution in [1.82, 2.24) is 5.32 Å². The first-order valence-electron chi connectivity index (χ1n) is 5.90. The number of carbonyl (C=O) groups excluding carboxylic acids is 1. The zero-order valence-corrected chi connectivity index (χ0v) is 11.2. The monoisotopic (exact) mass is 270 g/mol. The molecule has 0 saturated heterocycles. The van der Waals surface area contributed by atoms with Crippen LogP contribution >= 0.6 is 11.6 Å². The lowest BCUT2D eigenvalue weighted by molar-refractivity contribution is -0.122. The SMILES string of the molecule is COCCC(N)C(=O)NCCc1ccc(Cl)cc1. The smallest absolute Gasteiger partial charge is 0.237 e. The summed E-state index contributed by atoms with van der Waals surface area (Å²) in [6.07, 6.45) is 1.29. The molecule has 1 atom stereocenters. The molecule has 0 heterocycles. The van der Waals surface area contributed by atoms with Crippen LogP contribution in [0.1, 0.15) is 12.0 Å². The quantitative estimate of drug-likeness (QED) is 0.786. The lowest BCUT2D eigenvalue weighted by Gasteiger charge is -2.11. The summed E-state index contributed by atoms with van der Waals surface area (Å²) in [7, 11) is 1.59. The first kappa shape index (κ1) is 15.0. The number of nitrogens with one attached hydrogen (secondary N) is 1. The van der Waals surface area contributed by atoms with Crippen LogP contribution in [-0.2, 0) is 16.0 Å². The number of hydrogen-bond acceptors (Lipinski definition) is 3. The molecular weight excluding hydrogens is 252 g/mol. The molecule has 18 heavy (non-hydrogen) atoms. The fourth-order valence-electron chi connectivity index (χ4n) is 1.49. The molecular formula is C13H19ClN2O2. The predicted octanol–water partition coefficient (Wildman–Crippen LogP) is 1.36. The molecule has 0 radical (unpaired) electrons. The van der Waals surface area contributed by atoms with E-state index in [-0.39, 0.29) is 5.91 Å². The summed E-state index contributed by atoms with van der Waals surface area (Å²) in [6, 6.07) is 7.06. The molecule has 1 rings (SSSR count). The lowest BCUT2D eigenvalue weighted by atomic mass is 10.1. The number of halogens is 1. The van der Waals surface area contributed by atoms with Gasteiger partial charge in [-0.3, -0.25) is 4.79 Å². The maximum atomic E-state index is 11.6. The average Bonchev–Trinajstić information content (AvgIpc) is 2.38. The van der Waals surface area contributed by atoms with Gasteiger partial charge in [0.1, 0.15) is 0 Å². The van der Waals surface area contributed by atoms with E-state index in [4.69, 9.17) is 22.1 Å². The van der Waals surface area contributed by atoms with Crippen LogP contribution < -0.4 is 11.1 Å². The number of carbonyl (C=O) groups is 1. The second kappa shape index (κ2) is 8.08. The van der Waals surface area contributed by atoms with Gasteiger partial charge in [-0.1, -0.05) is 23.7 Å². The Kier molecular flexibility index (Phi) is 6.72. The van der Waals surface area contributed by atoms with Gasteiger partial charge in [0.25, 0.3) is 0 Å². The highest BCUT2D eigenvalue weighted by Crippen LogP contribution is 2.09. The molecule has 0 saturated carbocycles. The largest absolute Gasteiger partial charge is 0.385 e. The van der Waals surface area contributed by atoms with E-state index in [0.717, 1.165) is 12.0 Å². The van der Waals surface area contributed by atoms with Gasteiger partial charge in [0.15, 0.2) is 0 Å². The van der Waals surface area contributed by atoms with Crippen LogP contribution in [0.2, 0.25) is 5.02 Å². The van der Waals surface area contributed by atoms with Gasteiger partial charge in [-0.15, -0.1) is 0 Å². The Morgan fingerprint density at radius 3 is 2.72 bits per heavy atom. The minimum absolute atomic E-state index is 0.138. The normalized spacial score (nSPS) is 12.2. The van der Waals surface area contributed by atoms with Crippen molar-refractivity contribution in [3.63, 3.8) is 0 Å². The van der Waals surface area contributed by atoms with Crippen LogP contribution in [0.3, 0.4) is 0 Å². The summed E-state index contributed by atoms with van der Waals surface area (Å²) in [5.74, 6) is -0.138. The Balaban J connectivity index is 2.24. The zero-order chi connectivity index (χ0) is 13.4. The minimum atomic E-state index is -0.504. The van der Waals surface area contributed by atoms with Crippen LogP contribution in [0.5, 0.6) is 0 Å². The number of nitrogens with two attached hydrogens (primary N) is 1. The summed E-state index contributed by atoms with van der Waals surface area (Å²) < 4.78 is 4.88. The molecule has 3 N–H and O–H groups in total. The van der Waals surface area contributed by atoms with E-state index in [1.807, 2.05) is 24.3 Å². The summed E-state index contributed by atoms with van der Waals surface area (Å²) in [5.41, 5.74) is 6.82. The average molecular weight is 271 g/mol. The van der Waals surface area contributed by atoms with Gasteiger partial charge >= 0.3 is 0 Å². The molecule has 100 valence electrons. The summed E-state index contributed by atoms with van der Waals surface area (Å²) in [5, 5.41) is 3.51. The minimum Gasteiger partial charge on any atom is -0.385 e. The third kappa shape index (κ3) is 5.49. The first-order chi connectivity index (χ1) is 8.63. The molecule has 0 spiro atoms. The van der Waals surface area contributed by atoms with Gasteiger partial charge in [-0.25, -0.2) is 0 Å². The van der Waals surface area contributed by atoms with Crippen molar-refractivity contribution < 1.29 is 9.53 Å². The Morgan fingerprint density at radius 1 is 1.44 bits per heavy atom. The topological polar surface area (TPSA) is 64.3 Å². The fourth-order valence-corrected chi connectivity index (χ4v) is 1.61. The summed E-state index contributed by atoms with van der Waals surface area (Å²) in [4.78, 5) is 11.6. The van der Waals surface area contributed by atoms with E-state index in [2.05, 4.69) is 5.32 Å². The third-order valence-corrected chi connectivity index (χ3v) is 2.85. The van der Waals surface area contributed by atoms with Crippen LogP contribution in [-0.4, -0.2) is 32.2 Å². The van der Waals surface area contributed by atoms with Gasteiger partial charge in [-0.2, -0.15) is 0 Å². The molecule has 4 nitrogen and oxygen atoms in total. The molecule has 0 fully saturated rings. The second-order valence-corrected chi connectivity index (χ2v) is 4.49. The molecule has 0 aliphatic carbocycles. The predicted molar refractivity (Wildman–Crippen MR) is 72.6 cm³/mol. The molecule has 1 aromatic rings. The van der Waals surface area contributed by atoms with Gasteiger partial charge < -0.3 is 15.8 Å². The number of rotatable bonds is 7. The van der Waals surface area contributed by atoms with Gasteiger partial charge in [0, 0.05) is 25.3 Å². The molecule has 1 unspecified atom stereocenters. The summed E-state index contributed by atoms with van der Waals surface area (Å²) >= 11 is 5.79. The van der Waals surface area contributed by atoms with Crippen molar-refractivity contribution in [2.75, 3.05) is 20.3 Å². The van der Waals surface area contributed by atoms with Gasteiger partial charge in [0.05, 0.1) is 6.04 Å². The maximum absolute atomic E-state index is 11.6. The molecule has 0 aliphatic rings. The van der Waals surface area contributed by atoms with E-state index >= 15 is 0 Å². The Labute approximate surface area is 112 Å². The second-order valence-electron chi connectivity index (χ2n) is 4.06. The molecule has 1 amide bonds. The lowest BCUT2D eigenvalue weighted by Crippen LogP contribution is -2.41. The molecule has 0 bridgehead atoms. The standard InChI is InChI=1S/C13H19ClN2O2/c1-18-9-7-12(15)13(17)16-8-6-10-2-4-11(14)5-3-10/h2-5,12H,6-9,15H2,1H3,(H,16,17). The highest BCUT2D eigenvalue weighted by atomic mass is 35.5. The Bertz CT molecular complexity index is 368. The molecule has 5 heteroatoms. The highest BCUT2D eigenvalue weighted by molar-refractivity contribution is 6.30. The number of benzene rings is 1. The van der Waals surface area contributed by atoms with Crippen LogP contribution in [0.15, 0.2) is 24.3 Å². The summed E-state index contributed by atoms with van der Waals surface area (Å²) in [6.45, 7) is 1.06. The Hall–Kier alpha value is -1.10. The molecule has 0 aliphatic heterocycles. The van der Waals surface area contributed by atoms with Gasteiger partial charge in [-0.05, 0) is 30.5 Å². The van der Waals surface area contributed by atoms with Crippen molar-refractivity contribution >= 4 is 17.5 Å². The molecule has 1 aromatic carbocycles. The number of hydrogen-bond donors (Lipinski definition) is 2. The molecule has 0 aromatic heterocycles. The van der Waals surface area contributed by atoms with Crippen LogP contribution in [0, 0.1) is 0 Å². The number of methoxy groups -OCH3 is 1. The Morgan fingerprint density at radius 2 is 2.11 bits per heavy atom. The van der Waals surface area contributed by atoms with E-state index in [0.29, 0.717) is 24.6 Å². The van der Waals surface area contributed by atoms with Crippen molar-refractivity contribution in [3.05, 3.63) is 34.9 Å². The van der Waals surface area contributed by atoms with E-state index in [1.165, 1.54) is 0 Å². The third-order valence-electron chi connectivity index (χ3n) is 2.60. The number of amides is 1. The van der Waals surface area contributed by atoms with Crippen molar-refractivity contribution in [1.29, 1.82) is 0 Å². The van der Waals surface area contributed by atoms with E-state index in [9.17, 15) is 4.79 Å². The van der Waals surface area contributed by atoms with E-state index < -0.39 is 6.04 Å². The van der Waals surface area contributed by atoms with Crippen LogP contribution in [0.4, 0.5) is 0 Å². The zero-order valence-electron chi connectivity index (χ0n) is 10.5. The fraction of sp³-hybridized carbons (Fsp3) is 0.462. The highest BCUT2D eigenvalue weighted by Gasteiger charge is 2.11. The van der Waals surface area contributed by atoms with E-state index in [1.54, 1.807) is 7.11 Å².